The van der Waals surface area contributed by atoms with Crippen LogP contribution in [0.4, 0.5) is 0 Å². The summed E-state index contributed by atoms with van der Waals surface area (Å²) in [6.45, 7) is 29.9. The van der Waals surface area contributed by atoms with Crippen LogP contribution in [0, 0.1) is 11.8 Å². The van der Waals surface area contributed by atoms with Crippen molar-refractivity contribution in [1.29, 1.82) is 0 Å². The van der Waals surface area contributed by atoms with E-state index in [1.807, 2.05) is 0 Å². The Labute approximate surface area is 169 Å². The lowest BCUT2D eigenvalue weighted by molar-refractivity contribution is 0.304. The zero-order chi connectivity index (χ0) is 20.6. The Morgan fingerprint density at radius 3 is 1.04 bits per heavy atom. The van der Waals surface area contributed by atoms with Gasteiger partial charge in [-0.05, 0) is 51.2 Å². The molecule has 0 spiro atoms. The van der Waals surface area contributed by atoms with E-state index in [0.717, 1.165) is 11.8 Å². The van der Waals surface area contributed by atoms with Crippen LogP contribution in [0.3, 0.4) is 0 Å². The first-order valence-corrected chi connectivity index (χ1v) is 14.0. The molecule has 0 bridgehead atoms. The van der Waals surface area contributed by atoms with Crippen LogP contribution in [0.25, 0.3) is 0 Å². The van der Waals surface area contributed by atoms with E-state index in [1.54, 1.807) is 0 Å². The van der Waals surface area contributed by atoms with Crippen LogP contribution >= 0.6 is 15.8 Å². The van der Waals surface area contributed by atoms with E-state index < -0.39 is 0 Å². The van der Waals surface area contributed by atoms with Gasteiger partial charge in [-0.15, -0.1) is 0 Å². The zero-order valence-electron chi connectivity index (χ0n) is 20.3. The second kappa shape index (κ2) is 8.70. The fourth-order valence-corrected chi connectivity index (χ4v) is 13.3. The van der Waals surface area contributed by atoms with Gasteiger partial charge in [0.05, 0.1) is 0 Å². The molecule has 0 aromatic heterocycles. The molecule has 0 radical (unpaired) electrons. The van der Waals surface area contributed by atoms with Crippen LogP contribution in [-0.2, 0) is 0 Å². The topological polar surface area (TPSA) is 0 Å². The Kier molecular flexibility index (Phi) is 8.33. The zero-order valence-corrected chi connectivity index (χ0v) is 22.1. The smallest absolute Gasteiger partial charge is 0.0175 e. The molecule has 0 N–H and O–H groups in total. The molecule has 0 heterocycles. The van der Waals surface area contributed by atoms with E-state index in [-0.39, 0.29) is 15.8 Å². The Balaban J connectivity index is 2.83. The van der Waals surface area contributed by atoms with Crippen molar-refractivity contribution < 1.29 is 0 Å². The molecular weight excluding hydrogens is 350 g/mol. The lowest BCUT2D eigenvalue weighted by Gasteiger charge is -2.46. The largest absolute Gasteiger partial charge is 0.0954 e. The minimum Gasteiger partial charge on any atom is -0.0954 e. The van der Waals surface area contributed by atoms with Crippen LogP contribution < -0.4 is 0 Å². The molecule has 0 aliphatic heterocycles. The molecule has 156 valence electrons. The van der Waals surface area contributed by atoms with Gasteiger partial charge in [0.25, 0.3) is 0 Å². The first-order valence-electron chi connectivity index (χ1n) is 11.0. The van der Waals surface area contributed by atoms with E-state index in [2.05, 4.69) is 83.1 Å². The molecular formula is C24H50P2. The molecule has 0 nitrogen and oxygen atoms in total. The van der Waals surface area contributed by atoms with Gasteiger partial charge in [0.15, 0.2) is 0 Å². The second-order valence-corrected chi connectivity index (χ2v) is 20.6. The summed E-state index contributed by atoms with van der Waals surface area (Å²) < 4.78 is 0. The monoisotopic (exact) mass is 400 g/mol. The molecule has 0 aromatic carbocycles. The van der Waals surface area contributed by atoms with Gasteiger partial charge in [-0.3, -0.25) is 0 Å². The van der Waals surface area contributed by atoms with Crippen molar-refractivity contribution in [2.45, 2.75) is 129 Å². The summed E-state index contributed by atoms with van der Waals surface area (Å²) in [5.41, 5.74) is 0. The van der Waals surface area contributed by atoms with Crippen molar-refractivity contribution in [3.05, 3.63) is 0 Å². The Morgan fingerprint density at radius 2 is 0.808 bits per heavy atom. The average Bonchev–Trinajstić information content (AvgIpc) is 2.37. The van der Waals surface area contributed by atoms with Crippen LogP contribution in [-0.4, -0.2) is 32.9 Å². The van der Waals surface area contributed by atoms with Gasteiger partial charge in [0.1, 0.15) is 0 Å². The highest BCUT2D eigenvalue weighted by Crippen LogP contribution is 2.63. The van der Waals surface area contributed by atoms with E-state index >= 15 is 0 Å². The van der Waals surface area contributed by atoms with E-state index in [0.29, 0.717) is 20.6 Å². The molecule has 1 aliphatic carbocycles. The molecule has 1 rings (SSSR count). The summed E-state index contributed by atoms with van der Waals surface area (Å²) in [6.07, 6.45) is 8.97. The first kappa shape index (κ1) is 24.9. The van der Waals surface area contributed by atoms with Gasteiger partial charge in [0, 0.05) is 0 Å². The minimum atomic E-state index is 0.0551. The van der Waals surface area contributed by atoms with Gasteiger partial charge < -0.3 is 0 Å². The lowest BCUT2D eigenvalue weighted by atomic mass is 9.83. The quantitative estimate of drug-likeness (QED) is 0.413. The van der Waals surface area contributed by atoms with Crippen LogP contribution in [0.15, 0.2) is 0 Å². The van der Waals surface area contributed by atoms with Crippen LogP contribution in [0.1, 0.15) is 109 Å². The van der Waals surface area contributed by atoms with Crippen LogP contribution in [0.2, 0.25) is 0 Å². The van der Waals surface area contributed by atoms with Gasteiger partial charge >= 0.3 is 0 Å². The molecule has 26 heavy (non-hydrogen) atoms. The Hall–Kier alpha value is 0.860. The predicted octanol–water partition coefficient (Wildman–Crippen LogP) is 8.95. The molecule has 2 heteroatoms. The number of hydrogen-bond donors (Lipinski definition) is 0. The normalized spacial score (nSPS) is 23.8. The summed E-state index contributed by atoms with van der Waals surface area (Å²) in [7, 11) is 0.110. The molecule has 2 atom stereocenters. The average molecular weight is 401 g/mol. The number of rotatable bonds is 4. The van der Waals surface area contributed by atoms with Gasteiger partial charge in [-0.2, -0.15) is 0 Å². The maximum absolute atomic E-state index is 2.49. The third-order valence-corrected chi connectivity index (χ3v) is 14.3. The van der Waals surface area contributed by atoms with E-state index in [9.17, 15) is 0 Å². The van der Waals surface area contributed by atoms with Crippen molar-refractivity contribution in [2.24, 2.45) is 11.8 Å². The highest BCUT2D eigenvalue weighted by atomic mass is 31.1. The predicted molar refractivity (Wildman–Crippen MR) is 128 cm³/mol. The Bertz CT molecular complexity index is 357. The Morgan fingerprint density at radius 1 is 0.538 bits per heavy atom. The number of hydrogen-bond acceptors (Lipinski definition) is 0. The van der Waals surface area contributed by atoms with E-state index in [4.69, 9.17) is 0 Å². The molecule has 0 saturated heterocycles. The fourth-order valence-electron chi connectivity index (χ4n) is 5.36. The molecule has 1 fully saturated rings. The van der Waals surface area contributed by atoms with Crippen molar-refractivity contribution in [3.8, 4) is 0 Å². The maximum Gasteiger partial charge on any atom is -0.0175 e. The van der Waals surface area contributed by atoms with Crippen molar-refractivity contribution in [1.82, 2.24) is 0 Å². The van der Waals surface area contributed by atoms with Gasteiger partial charge in [-0.1, -0.05) is 118 Å². The van der Waals surface area contributed by atoms with Crippen molar-refractivity contribution in [3.63, 3.8) is 0 Å². The SMILES string of the molecule is CC(C)(C)P(C[C@H]1CCC[C@H](CP(C(C)(C)C)C(C)(C)C)C1)C(C)(C)C. The highest BCUT2D eigenvalue weighted by molar-refractivity contribution is 7.61. The summed E-state index contributed by atoms with van der Waals surface area (Å²) >= 11 is 0. The minimum absolute atomic E-state index is 0.0551. The first-order chi connectivity index (χ1) is 11.4. The lowest BCUT2D eigenvalue weighted by Crippen LogP contribution is -2.32. The molecule has 1 saturated carbocycles. The third kappa shape index (κ3) is 7.70. The summed E-state index contributed by atoms with van der Waals surface area (Å²) in [4.78, 5) is 0. The second-order valence-electron chi connectivity index (χ2n) is 12.8. The van der Waals surface area contributed by atoms with Crippen molar-refractivity contribution in [2.75, 3.05) is 12.3 Å². The molecule has 1 aliphatic rings. The molecule has 0 unspecified atom stereocenters. The van der Waals surface area contributed by atoms with Gasteiger partial charge in [-0.25, -0.2) is 0 Å². The fraction of sp³-hybridized carbons (Fsp3) is 1.00. The molecule has 0 amide bonds. The summed E-state index contributed by atoms with van der Waals surface area (Å²) in [5, 5.41) is 1.90. The highest BCUT2D eigenvalue weighted by Gasteiger charge is 2.39. The summed E-state index contributed by atoms with van der Waals surface area (Å²) in [6, 6.07) is 0. The third-order valence-electron chi connectivity index (χ3n) is 6.01. The van der Waals surface area contributed by atoms with Crippen LogP contribution in [0.5, 0.6) is 0 Å². The maximum atomic E-state index is 2.49. The van der Waals surface area contributed by atoms with Crippen molar-refractivity contribution >= 4 is 15.8 Å². The van der Waals surface area contributed by atoms with Gasteiger partial charge in [0.2, 0.25) is 0 Å². The molecule has 0 aromatic rings. The standard InChI is InChI=1S/C24H50P2/c1-21(2,3)25(22(4,5)6)17-19-14-13-15-20(16-19)18-26(23(7,8)9)24(10,11)12/h19-20H,13-18H2,1-12H3/t19-,20-/m0/s1. The van der Waals surface area contributed by atoms with E-state index in [1.165, 1.54) is 38.0 Å². The summed E-state index contributed by atoms with van der Waals surface area (Å²) in [5.74, 6) is 1.96.